The minimum absolute atomic E-state index is 0.0379. The van der Waals surface area contributed by atoms with E-state index >= 15 is 0 Å². The van der Waals surface area contributed by atoms with Gasteiger partial charge in [-0.25, -0.2) is 4.39 Å². The third kappa shape index (κ3) is 4.20. The first kappa shape index (κ1) is 21.6. The summed E-state index contributed by atoms with van der Waals surface area (Å²) in [4.78, 5) is 19.4. The van der Waals surface area contributed by atoms with Crippen LogP contribution < -0.4 is 4.74 Å². The second-order valence-corrected chi connectivity index (χ2v) is 8.28. The molecule has 0 unspecified atom stereocenters. The Kier molecular flexibility index (Phi) is 5.92. The fourth-order valence-electron chi connectivity index (χ4n) is 4.55. The minimum Gasteiger partial charge on any atom is -0.483 e. The maximum absolute atomic E-state index is 13.8. The van der Waals surface area contributed by atoms with E-state index in [1.54, 1.807) is 42.6 Å². The zero-order chi connectivity index (χ0) is 23.5. The van der Waals surface area contributed by atoms with Gasteiger partial charge < -0.3 is 9.64 Å². The number of halogens is 1. The van der Waals surface area contributed by atoms with Crippen molar-refractivity contribution < 1.29 is 13.9 Å². The van der Waals surface area contributed by atoms with Crippen molar-refractivity contribution in [1.29, 1.82) is 5.26 Å². The lowest BCUT2D eigenvalue weighted by Crippen LogP contribution is -2.36. The average Bonchev–Trinajstić information content (AvgIpc) is 3.30. The second-order valence-electron chi connectivity index (χ2n) is 8.28. The number of hydrogen-bond donors (Lipinski definition) is 0. The second kappa shape index (κ2) is 9.32. The average molecular weight is 452 g/mol. The number of nitriles is 1. The molecule has 1 amide bonds. The standard InChI is InChI=1S/C28H22FN3O2/c29-22-12-10-21(11-13-22)27(32-17-3-7-25(32)33)28(34-23-14-8-19(18-30)9-15-23)24-6-1-4-20-5-2-16-31-26(20)24/h1-2,4-6,8-16,27-28H,3,7,17H2/t27-,28-/m0/s1. The zero-order valence-corrected chi connectivity index (χ0v) is 18.4. The predicted octanol–water partition coefficient (Wildman–Crippen LogP) is 5.73. The summed E-state index contributed by atoms with van der Waals surface area (Å²) in [5.41, 5.74) is 2.92. The molecule has 1 aliphatic heterocycles. The summed E-state index contributed by atoms with van der Waals surface area (Å²) < 4.78 is 20.4. The Morgan fingerprint density at radius 3 is 2.47 bits per heavy atom. The predicted molar refractivity (Wildman–Crippen MR) is 126 cm³/mol. The van der Waals surface area contributed by atoms with Crippen molar-refractivity contribution in [1.82, 2.24) is 9.88 Å². The summed E-state index contributed by atoms with van der Waals surface area (Å²) in [6, 6.07) is 24.5. The molecule has 0 aliphatic carbocycles. The number of benzene rings is 3. The fraction of sp³-hybridized carbons (Fsp3) is 0.179. The van der Waals surface area contributed by atoms with Crippen LogP contribution in [0.5, 0.6) is 5.75 Å². The number of nitrogens with zero attached hydrogens (tertiary/aromatic N) is 3. The van der Waals surface area contributed by atoms with E-state index in [1.807, 2.05) is 35.2 Å². The van der Waals surface area contributed by atoms with Crippen LogP contribution in [0.25, 0.3) is 10.9 Å². The van der Waals surface area contributed by atoms with Gasteiger partial charge in [-0.15, -0.1) is 0 Å². The van der Waals surface area contributed by atoms with Gasteiger partial charge in [0.25, 0.3) is 0 Å². The van der Waals surface area contributed by atoms with E-state index < -0.39 is 12.1 Å². The topological polar surface area (TPSA) is 66.2 Å². The van der Waals surface area contributed by atoms with Crippen molar-refractivity contribution >= 4 is 16.8 Å². The van der Waals surface area contributed by atoms with Crippen LogP contribution in [0.4, 0.5) is 4.39 Å². The first-order valence-corrected chi connectivity index (χ1v) is 11.2. The molecule has 0 saturated carbocycles. The van der Waals surface area contributed by atoms with E-state index in [0.29, 0.717) is 24.3 Å². The van der Waals surface area contributed by atoms with Crippen molar-refractivity contribution in [2.24, 2.45) is 0 Å². The van der Waals surface area contributed by atoms with Gasteiger partial charge in [0.15, 0.2) is 6.10 Å². The minimum atomic E-state index is -0.612. The van der Waals surface area contributed by atoms with E-state index in [2.05, 4.69) is 11.1 Å². The summed E-state index contributed by atoms with van der Waals surface area (Å²) >= 11 is 0. The molecule has 1 saturated heterocycles. The number of fused-ring (bicyclic) bond motifs is 1. The summed E-state index contributed by atoms with van der Waals surface area (Å²) in [7, 11) is 0. The summed E-state index contributed by atoms with van der Waals surface area (Å²) in [6.07, 6.45) is 2.35. The molecule has 0 N–H and O–H groups in total. The molecule has 2 atom stereocenters. The van der Waals surface area contributed by atoms with Gasteiger partial charge in [0.1, 0.15) is 11.6 Å². The molecule has 5 nitrogen and oxygen atoms in total. The third-order valence-corrected chi connectivity index (χ3v) is 6.16. The highest BCUT2D eigenvalue weighted by Gasteiger charge is 2.38. The Hall–Kier alpha value is -4.24. The van der Waals surface area contributed by atoms with E-state index in [9.17, 15) is 9.18 Å². The van der Waals surface area contributed by atoms with Crippen molar-refractivity contribution in [3.63, 3.8) is 0 Å². The molecule has 34 heavy (non-hydrogen) atoms. The number of likely N-dealkylation sites (tertiary alicyclic amines) is 1. The van der Waals surface area contributed by atoms with E-state index in [-0.39, 0.29) is 11.7 Å². The molecule has 5 rings (SSSR count). The summed E-state index contributed by atoms with van der Waals surface area (Å²) in [5.74, 6) is 0.262. The van der Waals surface area contributed by atoms with Gasteiger partial charge >= 0.3 is 0 Å². The fourth-order valence-corrected chi connectivity index (χ4v) is 4.55. The SMILES string of the molecule is N#Cc1ccc(O[C@@H](c2cccc3cccnc23)[C@H](c2ccc(F)cc2)N2CCCC2=O)cc1. The van der Waals surface area contributed by atoms with Gasteiger partial charge in [-0.1, -0.05) is 36.4 Å². The molecule has 1 aromatic heterocycles. The number of amides is 1. The molecule has 2 heterocycles. The smallest absolute Gasteiger partial charge is 0.223 e. The molecule has 1 fully saturated rings. The van der Waals surface area contributed by atoms with Gasteiger partial charge in [-0.2, -0.15) is 5.26 Å². The molecular weight excluding hydrogens is 429 g/mol. The summed E-state index contributed by atoms with van der Waals surface area (Å²) in [6.45, 7) is 0.590. The molecule has 3 aromatic carbocycles. The zero-order valence-electron chi connectivity index (χ0n) is 18.4. The highest BCUT2D eigenvalue weighted by Crippen LogP contribution is 2.41. The number of carbonyl (C=O) groups is 1. The Morgan fingerprint density at radius 2 is 1.76 bits per heavy atom. The largest absolute Gasteiger partial charge is 0.483 e. The number of pyridine rings is 1. The van der Waals surface area contributed by atoms with E-state index in [1.165, 1.54) is 12.1 Å². The molecule has 6 heteroatoms. The lowest BCUT2D eigenvalue weighted by molar-refractivity contribution is -0.131. The van der Waals surface area contributed by atoms with Crippen molar-refractivity contribution in [3.05, 3.63) is 108 Å². The lowest BCUT2D eigenvalue weighted by Gasteiger charge is -2.35. The molecule has 1 aliphatic rings. The van der Waals surface area contributed by atoms with Crippen molar-refractivity contribution in [2.45, 2.75) is 25.0 Å². The van der Waals surface area contributed by atoms with E-state index in [0.717, 1.165) is 28.5 Å². The molecular formula is C28H22FN3O2. The van der Waals surface area contributed by atoms with Crippen LogP contribution in [0.3, 0.4) is 0 Å². The van der Waals surface area contributed by atoms with Crippen LogP contribution in [0.2, 0.25) is 0 Å². The Balaban J connectivity index is 1.69. The Morgan fingerprint density at radius 1 is 1.00 bits per heavy atom. The molecule has 0 bridgehead atoms. The first-order chi connectivity index (χ1) is 16.6. The Bertz CT molecular complexity index is 1360. The van der Waals surface area contributed by atoms with Gasteiger partial charge in [0, 0.05) is 30.1 Å². The Labute approximate surface area is 197 Å². The van der Waals surface area contributed by atoms with Gasteiger partial charge in [-0.05, 0) is 54.4 Å². The maximum Gasteiger partial charge on any atom is 0.223 e. The first-order valence-electron chi connectivity index (χ1n) is 11.2. The summed E-state index contributed by atoms with van der Waals surface area (Å²) in [5, 5.41) is 10.1. The van der Waals surface area contributed by atoms with Crippen LogP contribution in [-0.4, -0.2) is 22.3 Å². The number of rotatable bonds is 6. The molecule has 0 spiro atoms. The van der Waals surface area contributed by atoms with E-state index in [4.69, 9.17) is 10.00 Å². The van der Waals surface area contributed by atoms with Crippen LogP contribution in [0.15, 0.2) is 85.1 Å². The van der Waals surface area contributed by atoms with Crippen LogP contribution in [-0.2, 0) is 4.79 Å². The number of carbonyl (C=O) groups excluding carboxylic acids is 1. The highest BCUT2D eigenvalue weighted by molar-refractivity contribution is 5.83. The quantitative estimate of drug-likeness (QED) is 0.376. The van der Waals surface area contributed by atoms with Crippen LogP contribution >= 0.6 is 0 Å². The number of para-hydroxylation sites is 1. The lowest BCUT2D eigenvalue weighted by atomic mass is 9.92. The van der Waals surface area contributed by atoms with Gasteiger partial charge in [0.2, 0.25) is 5.91 Å². The van der Waals surface area contributed by atoms with Gasteiger partial charge in [0.05, 0.1) is 23.2 Å². The van der Waals surface area contributed by atoms with Crippen molar-refractivity contribution in [3.8, 4) is 11.8 Å². The monoisotopic (exact) mass is 451 g/mol. The number of ether oxygens (including phenoxy) is 1. The van der Waals surface area contributed by atoms with Crippen molar-refractivity contribution in [2.75, 3.05) is 6.54 Å². The van der Waals surface area contributed by atoms with Crippen LogP contribution in [0.1, 0.15) is 41.7 Å². The third-order valence-electron chi connectivity index (χ3n) is 6.16. The molecule has 4 aromatic rings. The number of hydrogen-bond acceptors (Lipinski definition) is 4. The normalized spacial score (nSPS) is 15.2. The maximum atomic E-state index is 13.8. The molecule has 0 radical (unpaired) electrons. The number of aromatic nitrogens is 1. The van der Waals surface area contributed by atoms with Crippen LogP contribution in [0, 0.1) is 17.1 Å². The molecule has 168 valence electrons. The van der Waals surface area contributed by atoms with Gasteiger partial charge in [-0.3, -0.25) is 9.78 Å². The highest BCUT2D eigenvalue weighted by atomic mass is 19.1.